The summed E-state index contributed by atoms with van der Waals surface area (Å²) in [5.41, 5.74) is 1.68. The van der Waals surface area contributed by atoms with Crippen LogP contribution in [0.3, 0.4) is 0 Å². The van der Waals surface area contributed by atoms with Gasteiger partial charge in [-0.25, -0.2) is 0 Å². The van der Waals surface area contributed by atoms with E-state index in [0.29, 0.717) is 23.4 Å². The zero-order valence-electron chi connectivity index (χ0n) is 16.3. The van der Waals surface area contributed by atoms with Gasteiger partial charge in [-0.15, -0.1) is 0 Å². The zero-order chi connectivity index (χ0) is 18.8. The number of rotatable bonds is 5. The lowest BCUT2D eigenvalue weighted by Gasteiger charge is -2.34. The molecule has 1 amide bonds. The van der Waals surface area contributed by atoms with Gasteiger partial charge in [0.15, 0.2) is 0 Å². The molecular formula is C22H29N3O2. The van der Waals surface area contributed by atoms with Crippen molar-refractivity contribution in [1.29, 1.82) is 0 Å². The lowest BCUT2D eigenvalue weighted by Crippen LogP contribution is -2.46. The second kappa shape index (κ2) is 7.85. The summed E-state index contributed by atoms with van der Waals surface area (Å²) in [6, 6.07) is 12.0. The highest BCUT2D eigenvalue weighted by Crippen LogP contribution is 2.32. The van der Waals surface area contributed by atoms with E-state index in [1.54, 1.807) is 6.07 Å². The molecule has 5 nitrogen and oxygen atoms in total. The fraction of sp³-hybridized carbons (Fsp3) is 0.545. The summed E-state index contributed by atoms with van der Waals surface area (Å²) in [5, 5.41) is 4.11. The highest BCUT2D eigenvalue weighted by atomic mass is 16.5. The molecule has 0 bridgehead atoms. The number of aromatic nitrogens is 1. The van der Waals surface area contributed by atoms with Crippen molar-refractivity contribution in [2.45, 2.75) is 39.2 Å². The summed E-state index contributed by atoms with van der Waals surface area (Å²) in [6.07, 6.45) is 3.75. The Balaban J connectivity index is 1.48. The van der Waals surface area contributed by atoms with Crippen LogP contribution in [-0.2, 0) is 0 Å². The quantitative estimate of drug-likeness (QED) is 0.804. The Bertz CT molecular complexity index is 767. The molecule has 1 aromatic heterocycles. The van der Waals surface area contributed by atoms with Crippen LogP contribution in [0.15, 0.2) is 40.9 Å². The van der Waals surface area contributed by atoms with E-state index < -0.39 is 0 Å². The Morgan fingerprint density at radius 3 is 2.70 bits per heavy atom. The first-order chi connectivity index (χ1) is 13.1. The van der Waals surface area contributed by atoms with Crippen LogP contribution in [0, 0.1) is 11.8 Å². The number of amides is 1. The first-order valence-electron chi connectivity index (χ1n) is 10.2. The Kier molecular flexibility index (Phi) is 5.30. The van der Waals surface area contributed by atoms with Gasteiger partial charge < -0.3 is 9.42 Å². The van der Waals surface area contributed by atoms with Crippen LogP contribution in [0.4, 0.5) is 0 Å². The van der Waals surface area contributed by atoms with Crippen LogP contribution in [0.25, 0.3) is 11.3 Å². The smallest absolute Gasteiger partial charge is 0.292 e. The SMILES string of the molecule is CC(C)C1CN(C(=O)c2cc(-c3ccccc3)no2)CCCN1CC1CC1. The molecule has 1 saturated heterocycles. The lowest BCUT2D eigenvalue weighted by molar-refractivity contribution is 0.0664. The fourth-order valence-electron chi connectivity index (χ4n) is 4.02. The molecule has 5 heteroatoms. The van der Waals surface area contributed by atoms with Crippen molar-refractivity contribution in [3.8, 4) is 11.3 Å². The first kappa shape index (κ1) is 18.2. The summed E-state index contributed by atoms with van der Waals surface area (Å²) in [7, 11) is 0. The van der Waals surface area contributed by atoms with Crippen molar-refractivity contribution in [3.05, 3.63) is 42.2 Å². The lowest BCUT2D eigenvalue weighted by atomic mass is 10.0. The molecule has 1 aliphatic carbocycles. The van der Waals surface area contributed by atoms with E-state index in [-0.39, 0.29) is 5.91 Å². The van der Waals surface area contributed by atoms with E-state index in [0.717, 1.165) is 37.5 Å². The minimum atomic E-state index is -0.0383. The predicted octanol–water partition coefficient (Wildman–Crippen LogP) is 3.92. The molecule has 2 heterocycles. The van der Waals surface area contributed by atoms with Crippen molar-refractivity contribution in [1.82, 2.24) is 15.0 Å². The van der Waals surface area contributed by atoms with Crippen LogP contribution in [0.2, 0.25) is 0 Å². The maximum absolute atomic E-state index is 13.1. The van der Waals surface area contributed by atoms with Crippen LogP contribution >= 0.6 is 0 Å². The zero-order valence-corrected chi connectivity index (χ0v) is 16.3. The molecule has 144 valence electrons. The topological polar surface area (TPSA) is 49.6 Å². The molecule has 2 fully saturated rings. The number of hydrogen-bond donors (Lipinski definition) is 0. The Labute approximate surface area is 161 Å². The van der Waals surface area contributed by atoms with Gasteiger partial charge in [-0.1, -0.05) is 49.3 Å². The van der Waals surface area contributed by atoms with Crippen molar-refractivity contribution in [3.63, 3.8) is 0 Å². The van der Waals surface area contributed by atoms with Crippen molar-refractivity contribution < 1.29 is 9.32 Å². The summed E-state index contributed by atoms with van der Waals surface area (Å²) < 4.78 is 5.42. The second-order valence-electron chi connectivity index (χ2n) is 8.30. The number of carbonyl (C=O) groups is 1. The average molecular weight is 367 g/mol. The maximum atomic E-state index is 13.1. The molecule has 27 heavy (non-hydrogen) atoms. The standard InChI is InChI=1S/C22H29N3O2/c1-16(2)20-15-25(12-6-11-24(20)14-17-9-10-17)22(26)21-13-19(23-27-21)18-7-4-3-5-8-18/h3-5,7-8,13,16-17,20H,6,9-12,14-15H2,1-2H3. The summed E-state index contributed by atoms with van der Waals surface area (Å²) in [6.45, 7) is 8.34. The van der Waals surface area contributed by atoms with E-state index >= 15 is 0 Å². The van der Waals surface area contributed by atoms with Crippen LogP contribution in [-0.4, -0.2) is 53.1 Å². The molecule has 1 aliphatic heterocycles. The number of carbonyl (C=O) groups excluding carboxylic acids is 1. The molecule has 2 aromatic rings. The third-order valence-electron chi connectivity index (χ3n) is 5.79. The highest BCUT2D eigenvalue weighted by Gasteiger charge is 2.34. The average Bonchev–Trinajstić information content (AvgIpc) is 3.40. The maximum Gasteiger partial charge on any atom is 0.292 e. The second-order valence-corrected chi connectivity index (χ2v) is 8.30. The van der Waals surface area contributed by atoms with Gasteiger partial charge in [0.2, 0.25) is 5.76 Å². The van der Waals surface area contributed by atoms with Gasteiger partial charge in [0.1, 0.15) is 5.69 Å². The van der Waals surface area contributed by atoms with E-state index in [2.05, 4.69) is 23.9 Å². The molecule has 1 unspecified atom stereocenters. The molecule has 1 atom stereocenters. The molecular weight excluding hydrogens is 338 g/mol. The monoisotopic (exact) mass is 367 g/mol. The van der Waals surface area contributed by atoms with Crippen LogP contribution < -0.4 is 0 Å². The molecule has 0 N–H and O–H groups in total. The van der Waals surface area contributed by atoms with Crippen molar-refractivity contribution in [2.24, 2.45) is 11.8 Å². The number of nitrogens with zero attached hydrogens (tertiary/aromatic N) is 3. The minimum Gasteiger partial charge on any atom is -0.350 e. The normalized spacial score (nSPS) is 21.4. The van der Waals surface area contributed by atoms with Crippen LogP contribution in [0.1, 0.15) is 43.7 Å². The Morgan fingerprint density at radius 2 is 2.00 bits per heavy atom. The number of hydrogen-bond acceptors (Lipinski definition) is 4. The Morgan fingerprint density at radius 1 is 1.22 bits per heavy atom. The van der Waals surface area contributed by atoms with Crippen molar-refractivity contribution in [2.75, 3.05) is 26.2 Å². The summed E-state index contributed by atoms with van der Waals surface area (Å²) >= 11 is 0. The van der Waals surface area contributed by atoms with Gasteiger partial charge in [0, 0.05) is 43.9 Å². The van der Waals surface area contributed by atoms with Gasteiger partial charge >= 0.3 is 0 Å². The van der Waals surface area contributed by atoms with E-state index in [1.165, 1.54) is 19.4 Å². The van der Waals surface area contributed by atoms with Gasteiger partial charge in [-0.3, -0.25) is 9.69 Å². The molecule has 0 spiro atoms. The van der Waals surface area contributed by atoms with Gasteiger partial charge in [-0.05, 0) is 31.1 Å². The number of benzene rings is 1. The van der Waals surface area contributed by atoms with Crippen LogP contribution in [0.5, 0.6) is 0 Å². The Hall–Kier alpha value is -2.14. The van der Waals surface area contributed by atoms with Crippen molar-refractivity contribution >= 4 is 5.91 Å². The molecule has 1 aromatic carbocycles. The molecule has 4 rings (SSSR count). The minimum absolute atomic E-state index is 0.0383. The first-order valence-corrected chi connectivity index (χ1v) is 10.2. The van der Waals surface area contributed by atoms with Gasteiger partial charge in [0.05, 0.1) is 0 Å². The highest BCUT2D eigenvalue weighted by molar-refractivity contribution is 5.92. The van der Waals surface area contributed by atoms with Gasteiger partial charge in [-0.2, -0.15) is 0 Å². The fourth-order valence-corrected chi connectivity index (χ4v) is 4.02. The summed E-state index contributed by atoms with van der Waals surface area (Å²) in [5.74, 6) is 1.69. The predicted molar refractivity (Wildman–Crippen MR) is 105 cm³/mol. The van der Waals surface area contributed by atoms with Gasteiger partial charge in [0.25, 0.3) is 5.91 Å². The third-order valence-corrected chi connectivity index (χ3v) is 5.79. The van der Waals surface area contributed by atoms with E-state index in [9.17, 15) is 4.79 Å². The molecule has 0 radical (unpaired) electrons. The largest absolute Gasteiger partial charge is 0.350 e. The van der Waals surface area contributed by atoms with E-state index in [1.807, 2.05) is 35.2 Å². The van der Waals surface area contributed by atoms with E-state index in [4.69, 9.17) is 4.52 Å². The molecule has 2 aliphatic rings. The third kappa shape index (κ3) is 4.24. The molecule has 1 saturated carbocycles. The summed E-state index contributed by atoms with van der Waals surface area (Å²) in [4.78, 5) is 17.7.